The van der Waals surface area contributed by atoms with Crippen molar-refractivity contribution < 1.29 is 31.1 Å². The highest BCUT2D eigenvalue weighted by Gasteiger charge is 2.37. The Morgan fingerprint density at radius 1 is 1.06 bits per heavy atom. The Kier molecular flexibility index (Phi) is 7.61. The molecule has 0 saturated carbocycles. The van der Waals surface area contributed by atoms with Crippen molar-refractivity contribution in [3.63, 3.8) is 0 Å². The topological polar surface area (TPSA) is 59.8 Å². The SMILES string of the molecule is C=CCn1c(SCC(=O)Nc2cc(C(F)(F)F)cc(C(F)(F)F)c2)nnc1-c1ccccc1Cl. The van der Waals surface area contributed by atoms with Crippen LogP contribution in [0.5, 0.6) is 0 Å². The lowest BCUT2D eigenvalue weighted by Crippen LogP contribution is -2.17. The number of anilines is 1. The van der Waals surface area contributed by atoms with Crippen LogP contribution in [0.1, 0.15) is 11.1 Å². The third-order valence-corrected chi connectivity index (χ3v) is 5.64. The number of aromatic nitrogens is 3. The molecule has 180 valence electrons. The molecule has 1 aromatic heterocycles. The van der Waals surface area contributed by atoms with Gasteiger partial charge in [-0.2, -0.15) is 26.3 Å². The van der Waals surface area contributed by atoms with Gasteiger partial charge < -0.3 is 5.32 Å². The number of carbonyl (C=O) groups excluding carboxylic acids is 1. The Labute approximate surface area is 198 Å². The van der Waals surface area contributed by atoms with E-state index < -0.39 is 35.1 Å². The Balaban J connectivity index is 1.80. The third kappa shape index (κ3) is 6.11. The maximum atomic E-state index is 13.0. The quantitative estimate of drug-likeness (QED) is 0.218. The van der Waals surface area contributed by atoms with Crippen LogP contribution < -0.4 is 5.32 Å². The van der Waals surface area contributed by atoms with Crippen molar-refractivity contribution in [1.29, 1.82) is 0 Å². The number of benzene rings is 2. The molecule has 34 heavy (non-hydrogen) atoms. The fourth-order valence-electron chi connectivity index (χ4n) is 2.89. The largest absolute Gasteiger partial charge is 0.416 e. The minimum atomic E-state index is -5.02. The van der Waals surface area contributed by atoms with Gasteiger partial charge in [0.25, 0.3) is 0 Å². The fourth-order valence-corrected chi connectivity index (χ4v) is 3.85. The summed E-state index contributed by atoms with van der Waals surface area (Å²) in [5.74, 6) is -0.777. The average Bonchev–Trinajstić information content (AvgIpc) is 3.14. The Morgan fingerprint density at radius 3 is 2.24 bits per heavy atom. The van der Waals surface area contributed by atoms with E-state index in [0.717, 1.165) is 11.8 Å². The molecule has 0 aliphatic heterocycles. The fraction of sp³-hybridized carbons (Fsp3) is 0.190. The summed E-state index contributed by atoms with van der Waals surface area (Å²) < 4.78 is 79.7. The first-order valence-corrected chi connectivity index (χ1v) is 10.8. The van der Waals surface area contributed by atoms with Crippen LogP contribution in [-0.4, -0.2) is 26.4 Å². The summed E-state index contributed by atoms with van der Waals surface area (Å²) in [6.45, 7) is 3.92. The molecule has 1 amide bonds. The summed E-state index contributed by atoms with van der Waals surface area (Å²) in [6.07, 6.45) is -8.48. The smallest absolute Gasteiger partial charge is 0.325 e. The zero-order chi connectivity index (χ0) is 25.1. The zero-order valence-electron chi connectivity index (χ0n) is 17.0. The van der Waals surface area contributed by atoms with Crippen LogP contribution in [0.2, 0.25) is 5.02 Å². The summed E-state index contributed by atoms with van der Waals surface area (Å²) in [5.41, 5.74) is -3.10. The first-order chi connectivity index (χ1) is 15.9. The van der Waals surface area contributed by atoms with Gasteiger partial charge in [-0.15, -0.1) is 16.8 Å². The minimum Gasteiger partial charge on any atom is -0.325 e. The maximum Gasteiger partial charge on any atom is 0.416 e. The minimum absolute atomic E-state index is 0.0155. The highest BCUT2D eigenvalue weighted by atomic mass is 35.5. The molecule has 5 nitrogen and oxygen atoms in total. The number of nitrogens with zero attached hydrogens (tertiary/aromatic N) is 3. The van der Waals surface area contributed by atoms with Crippen molar-refractivity contribution in [2.75, 3.05) is 11.1 Å². The normalized spacial score (nSPS) is 12.0. The number of halogens is 7. The lowest BCUT2D eigenvalue weighted by atomic mass is 10.1. The van der Waals surface area contributed by atoms with Gasteiger partial charge in [-0.3, -0.25) is 9.36 Å². The molecule has 3 rings (SSSR count). The van der Waals surface area contributed by atoms with Gasteiger partial charge in [0.1, 0.15) is 0 Å². The summed E-state index contributed by atoms with van der Waals surface area (Å²) >= 11 is 7.11. The van der Waals surface area contributed by atoms with Gasteiger partial charge in [-0.25, -0.2) is 0 Å². The number of alkyl halides is 6. The molecule has 0 aliphatic rings. The van der Waals surface area contributed by atoms with Gasteiger partial charge in [-0.05, 0) is 30.3 Å². The summed E-state index contributed by atoms with van der Waals surface area (Å²) in [6, 6.07) is 7.73. The molecule has 13 heteroatoms. The van der Waals surface area contributed by atoms with Gasteiger partial charge in [0.2, 0.25) is 5.91 Å². The van der Waals surface area contributed by atoms with E-state index in [1.54, 1.807) is 34.9 Å². The van der Waals surface area contributed by atoms with Crippen molar-refractivity contribution in [3.8, 4) is 11.4 Å². The highest BCUT2D eigenvalue weighted by Crippen LogP contribution is 2.37. The second kappa shape index (κ2) is 10.1. The van der Waals surface area contributed by atoms with Crippen LogP contribution in [0, 0.1) is 0 Å². The Bertz CT molecular complexity index is 1180. The van der Waals surface area contributed by atoms with E-state index in [9.17, 15) is 31.1 Å². The molecule has 0 unspecified atom stereocenters. The van der Waals surface area contributed by atoms with Crippen LogP contribution in [-0.2, 0) is 23.7 Å². The van der Waals surface area contributed by atoms with E-state index in [4.69, 9.17) is 11.6 Å². The molecule has 1 N–H and O–H groups in total. The van der Waals surface area contributed by atoms with Crippen molar-refractivity contribution in [2.24, 2.45) is 0 Å². The van der Waals surface area contributed by atoms with Gasteiger partial charge in [0.15, 0.2) is 11.0 Å². The van der Waals surface area contributed by atoms with Crippen LogP contribution in [0.3, 0.4) is 0 Å². The van der Waals surface area contributed by atoms with E-state index in [1.165, 1.54) is 0 Å². The zero-order valence-corrected chi connectivity index (χ0v) is 18.6. The van der Waals surface area contributed by atoms with Gasteiger partial charge in [0, 0.05) is 17.8 Å². The second-order valence-electron chi connectivity index (χ2n) is 6.82. The van der Waals surface area contributed by atoms with Crippen LogP contribution in [0.4, 0.5) is 32.0 Å². The van der Waals surface area contributed by atoms with E-state index in [0.29, 0.717) is 28.5 Å². The Morgan fingerprint density at radius 2 is 1.68 bits per heavy atom. The number of hydrogen-bond donors (Lipinski definition) is 1. The van der Waals surface area contributed by atoms with Gasteiger partial charge in [-0.1, -0.05) is 41.6 Å². The number of allylic oxidation sites excluding steroid dienone is 1. The molecule has 0 aliphatic carbocycles. The molecule has 1 heterocycles. The van der Waals surface area contributed by atoms with Crippen molar-refractivity contribution >= 4 is 35.0 Å². The molecule has 3 aromatic rings. The molecule has 0 radical (unpaired) electrons. The monoisotopic (exact) mass is 520 g/mol. The standard InChI is InChI=1S/C21H15ClF6N4OS/c1-2-7-32-18(15-5-3-4-6-16(15)22)30-31-19(32)34-11-17(33)29-14-9-12(20(23,24)25)8-13(10-14)21(26,27)28/h2-6,8-10H,1,7,11H2,(H,29,33). The number of thioether (sulfide) groups is 1. The van der Waals surface area contributed by atoms with E-state index >= 15 is 0 Å². The highest BCUT2D eigenvalue weighted by molar-refractivity contribution is 7.99. The molecular weight excluding hydrogens is 506 g/mol. The van der Waals surface area contributed by atoms with Crippen LogP contribution in [0.15, 0.2) is 60.3 Å². The predicted octanol–water partition coefficient (Wildman–Crippen LogP) is 6.55. The van der Waals surface area contributed by atoms with Gasteiger partial charge in [0.05, 0.1) is 21.9 Å². The van der Waals surface area contributed by atoms with Gasteiger partial charge >= 0.3 is 12.4 Å². The third-order valence-electron chi connectivity index (χ3n) is 4.35. The summed E-state index contributed by atoms with van der Waals surface area (Å²) in [4.78, 5) is 12.3. The summed E-state index contributed by atoms with van der Waals surface area (Å²) in [5, 5.41) is 10.9. The van der Waals surface area contributed by atoms with Crippen molar-refractivity contribution in [3.05, 3.63) is 71.3 Å². The maximum absolute atomic E-state index is 13.0. The molecule has 0 saturated heterocycles. The first kappa shape index (κ1) is 25.6. The molecule has 0 atom stereocenters. The second-order valence-corrected chi connectivity index (χ2v) is 8.17. The number of rotatable bonds is 7. The first-order valence-electron chi connectivity index (χ1n) is 9.41. The van der Waals surface area contributed by atoms with Crippen molar-refractivity contribution in [1.82, 2.24) is 14.8 Å². The summed E-state index contributed by atoms with van der Waals surface area (Å²) in [7, 11) is 0. The van der Waals surface area contributed by atoms with E-state index in [1.807, 2.05) is 0 Å². The molecular formula is C21H15ClF6N4OS. The van der Waals surface area contributed by atoms with E-state index in [2.05, 4.69) is 22.1 Å². The molecule has 2 aromatic carbocycles. The number of carbonyl (C=O) groups is 1. The Hall–Kier alpha value is -2.99. The lowest BCUT2D eigenvalue weighted by molar-refractivity contribution is -0.143. The predicted molar refractivity (Wildman–Crippen MR) is 116 cm³/mol. The van der Waals surface area contributed by atoms with E-state index in [-0.39, 0.29) is 23.5 Å². The van der Waals surface area contributed by atoms with Crippen molar-refractivity contribution in [2.45, 2.75) is 24.1 Å². The molecule has 0 bridgehead atoms. The lowest BCUT2D eigenvalue weighted by Gasteiger charge is -2.14. The molecule has 0 fully saturated rings. The number of nitrogens with one attached hydrogen (secondary N) is 1. The van der Waals surface area contributed by atoms with Crippen LogP contribution in [0.25, 0.3) is 11.4 Å². The number of amides is 1. The van der Waals surface area contributed by atoms with Crippen LogP contribution >= 0.6 is 23.4 Å². The molecule has 0 spiro atoms. The number of hydrogen-bond acceptors (Lipinski definition) is 4. The average molecular weight is 521 g/mol.